The van der Waals surface area contributed by atoms with E-state index >= 15 is 0 Å². The number of pyridine rings is 1. The Balaban J connectivity index is 1.35. The summed E-state index contributed by atoms with van der Waals surface area (Å²) in [6.07, 6.45) is 3.21. The van der Waals surface area contributed by atoms with Gasteiger partial charge in [-0.1, -0.05) is 24.3 Å². The van der Waals surface area contributed by atoms with E-state index in [1.165, 1.54) is 0 Å². The van der Waals surface area contributed by atoms with Gasteiger partial charge in [0.15, 0.2) is 11.5 Å². The van der Waals surface area contributed by atoms with Crippen LogP contribution in [0.5, 0.6) is 11.5 Å². The lowest BCUT2D eigenvalue weighted by atomic mass is 10.1. The lowest BCUT2D eigenvalue weighted by molar-refractivity contribution is -0.136. The van der Waals surface area contributed by atoms with E-state index in [1.807, 2.05) is 6.07 Å². The fourth-order valence-electron chi connectivity index (χ4n) is 3.06. The number of amides is 3. The van der Waals surface area contributed by atoms with E-state index in [9.17, 15) is 14.4 Å². The largest absolute Gasteiger partial charge is 0.454 e. The Bertz CT molecular complexity index is 1150. The smallest absolute Gasteiger partial charge is 0.313 e. The van der Waals surface area contributed by atoms with Crippen LogP contribution in [0.3, 0.4) is 0 Å². The number of aromatic nitrogens is 1. The van der Waals surface area contributed by atoms with Gasteiger partial charge in [-0.2, -0.15) is 0 Å². The average Bonchev–Trinajstić information content (AvgIpc) is 3.30. The van der Waals surface area contributed by atoms with Crippen molar-refractivity contribution in [3.63, 3.8) is 0 Å². The maximum absolute atomic E-state index is 12.7. The maximum atomic E-state index is 12.7. The Labute approximate surface area is 183 Å². The summed E-state index contributed by atoms with van der Waals surface area (Å²) in [6.45, 7) is 0.592. The molecular formula is C23H20N4O5. The van der Waals surface area contributed by atoms with Gasteiger partial charge >= 0.3 is 11.8 Å². The number of nitrogens with one attached hydrogen (secondary N) is 3. The SMILES string of the molecule is O=C(NCc1cccnc1)C(=O)Nc1ccccc1C(=O)NCc1ccc2c(c1)OCO2. The van der Waals surface area contributed by atoms with E-state index in [0.29, 0.717) is 11.5 Å². The van der Waals surface area contributed by atoms with Crippen molar-refractivity contribution in [1.29, 1.82) is 0 Å². The van der Waals surface area contributed by atoms with E-state index < -0.39 is 17.7 Å². The van der Waals surface area contributed by atoms with E-state index in [-0.39, 0.29) is 31.1 Å². The molecule has 0 aliphatic carbocycles. The van der Waals surface area contributed by atoms with Gasteiger partial charge in [-0.25, -0.2) is 0 Å². The first kappa shape index (κ1) is 20.9. The molecule has 3 N–H and O–H groups in total. The first-order chi connectivity index (χ1) is 15.6. The van der Waals surface area contributed by atoms with E-state index in [2.05, 4.69) is 20.9 Å². The molecule has 0 spiro atoms. The standard InChI is InChI=1S/C23H20N4O5/c28-21(25-12-15-7-8-19-20(10-15)32-14-31-19)17-5-1-2-6-18(17)27-23(30)22(29)26-13-16-4-3-9-24-11-16/h1-11H,12-14H2,(H,25,28)(H,26,29)(H,27,30). The number of hydrogen-bond donors (Lipinski definition) is 3. The molecule has 1 aromatic heterocycles. The molecule has 1 aliphatic rings. The highest BCUT2D eigenvalue weighted by atomic mass is 16.7. The van der Waals surface area contributed by atoms with Crippen molar-refractivity contribution in [3.05, 3.63) is 83.7 Å². The summed E-state index contributed by atoms with van der Waals surface area (Å²) in [4.78, 5) is 41.1. The third-order valence-electron chi connectivity index (χ3n) is 4.69. The molecule has 0 atom stereocenters. The normalized spacial score (nSPS) is 11.5. The molecule has 3 amide bonds. The highest BCUT2D eigenvalue weighted by Crippen LogP contribution is 2.32. The van der Waals surface area contributed by atoms with Gasteiger partial charge in [0.1, 0.15) is 0 Å². The van der Waals surface area contributed by atoms with Crippen molar-refractivity contribution in [2.75, 3.05) is 12.1 Å². The van der Waals surface area contributed by atoms with Crippen molar-refractivity contribution in [1.82, 2.24) is 15.6 Å². The molecule has 162 valence electrons. The van der Waals surface area contributed by atoms with Crippen LogP contribution in [0.2, 0.25) is 0 Å². The van der Waals surface area contributed by atoms with Crippen LogP contribution in [-0.2, 0) is 22.7 Å². The molecule has 2 aromatic carbocycles. The molecule has 0 unspecified atom stereocenters. The number of rotatable bonds is 6. The molecular weight excluding hydrogens is 412 g/mol. The molecule has 2 heterocycles. The van der Waals surface area contributed by atoms with E-state index in [1.54, 1.807) is 60.9 Å². The van der Waals surface area contributed by atoms with Crippen LogP contribution in [0.4, 0.5) is 5.69 Å². The predicted octanol–water partition coefficient (Wildman–Crippen LogP) is 2.00. The second kappa shape index (κ2) is 9.61. The summed E-state index contributed by atoms with van der Waals surface area (Å²) in [5.74, 6) is -0.791. The molecule has 3 aromatic rings. The zero-order chi connectivity index (χ0) is 22.3. The van der Waals surface area contributed by atoms with Gasteiger partial charge in [0.25, 0.3) is 5.91 Å². The quantitative estimate of drug-likeness (QED) is 0.513. The van der Waals surface area contributed by atoms with Crippen molar-refractivity contribution in [3.8, 4) is 11.5 Å². The summed E-state index contributed by atoms with van der Waals surface area (Å²) in [6, 6.07) is 15.4. The molecule has 9 heteroatoms. The molecule has 0 saturated heterocycles. The number of benzene rings is 2. The number of fused-ring (bicyclic) bond motifs is 1. The Morgan fingerprint density at radius 2 is 1.66 bits per heavy atom. The van der Waals surface area contributed by atoms with Gasteiger partial charge in [-0.3, -0.25) is 19.4 Å². The number of anilines is 1. The fraction of sp³-hybridized carbons (Fsp3) is 0.130. The molecule has 9 nitrogen and oxygen atoms in total. The zero-order valence-corrected chi connectivity index (χ0v) is 17.0. The molecule has 1 aliphatic heterocycles. The molecule has 0 bridgehead atoms. The average molecular weight is 432 g/mol. The van der Waals surface area contributed by atoms with Crippen LogP contribution >= 0.6 is 0 Å². The zero-order valence-electron chi connectivity index (χ0n) is 17.0. The number of carbonyl (C=O) groups is 3. The Hall–Kier alpha value is -4.40. The van der Waals surface area contributed by atoms with Crippen molar-refractivity contribution in [2.24, 2.45) is 0 Å². The first-order valence-corrected chi connectivity index (χ1v) is 9.84. The summed E-state index contributed by atoms with van der Waals surface area (Å²) < 4.78 is 10.6. The van der Waals surface area contributed by atoms with Crippen LogP contribution in [0.15, 0.2) is 67.0 Å². The van der Waals surface area contributed by atoms with Gasteiger partial charge in [0, 0.05) is 25.5 Å². The monoisotopic (exact) mass is 432 g/mol. The third kappa shape index (κ3) is 5.01. The number of ether oxygens (including phenoxy) is 2. The van der Waals surface area contributed by atoms with Gasteiger partial charge in [-0.05, 0) is 41.5 Å². The third-order valence-corrected chi connectivity index (χ3v) is 4.69. The first-order valence-electron chi connectivity index (χ1n) is 9.84. The Morgan fingerprint density at radius 3 is 2.50 bits per heavy atom. The van der Waals surface area contributed by atoms with Crippen molar-refractivity contribution >= 4 is 23.4 Å². The van der Waals surface area contributed by atoms with Gasteiger partial charge in [0.2, 0.25) is 6.79 Å². The van der Waals surface area contributed by atoms with E-state index in [0.717, 1.165) is 11.1 Å². The number of para-hydroxylation sites is 1. The van der Waals surface area contributed by atoms with Gasteiger partial charge in [-0.15, -0.1) is 0 Å². The summed E-state index contributed by atoms with van der Waals surface area (Å²) >= 11 is 0. The van der Waals surface area contributed by atoms with Gasteiger partial charge in [0.05, 0.1) is 11.3 Å². The van der Waals surface area contributed by atoms with Crippen LogP contribution in [0, 0.1) is 0 Å². The highest BCUT2D eigenvalue weighted by Gasteiger charge is 2.18. The second-order valence-electron chi connectivity index (χ2n) is 6.91. The number of nitrogens with zero attached hydrogens (tertiary/aromatic N) is 1. The van der Waals surface area contributed by atoms with Crippen LogP contribution < -0.4 is 25.4 Å². The fourth-order valence-corrected chi connectivity index (χ4v) is 3.06. The lowest BCUT2D eigenvalue weighted by Gasteiger charge is -2.12. The number of hydrogen-bond acceptors (Lipinski definition) is 6. The number of carbonyl (C=O) groups excluding carboxylic acids is 3. The summed E-state index contributed by atoms with van der Waals surface area (Å²) in [7, 11) is 0. The summed E-state index contributed by atoms with van der Waals surface area (Å²) in [5.41, 5.74) is 2.06. The second-order valence-corrected chi connectivity index (χ2v) is 6.91. The predicted molar refractivity (Wildman–Crippen MR) is 115 cm³/mol. The van der Waals surface area contributed by atoms with Crippen molar-refractivity contribution in [2.45, 2.75) is 13.1 Å². The minimum atomic E-state index is -0.870. The maximum Gasteiger partial charge on any atom is 0.313 e. The molecule has 4 rings (SSSR count). The summed E-state index contributed by atoms with van der Waals surface area (Å²) in [5, 5.41) is 7.82. The topological polar surface area (TPSA) is 119 Å². The van der Waals surface area contributed by atoms with Crippen molar-refractivity contribution < 1.29 is 23.9 Å². The Kier molecular flexibility index (Phi) is 6.26. The van der Waals surface area contributed by atoms with E-state index in [4.69, 9.17) is 9.47 Å². The molecule has 32 heavy (non-hydrogen) atoms. The Morgan fingerprint density at radius 1 is 0.844 bits per heavy atom. The minimum absolute atomic E-state index is 0.164. The van der Waals surface area contributed by atoms with Gasteiger partial charge < -0.3 is 25.4 Å². The lowest BCUT2D eigenvalue weighted by Crippen LogP contribution is -2.35. The van der Waals surface area contributed by atoms with Crippen LogP contribution in [0.25, 0.3) is 0 Å². The molecule has 0 radical (unpaired) electrons. The van der Waals surface area contributed by atoms with Crippen LogP contribution in [0.1, 0.15) is 21.5 Å². The minimum Gasteiger partial charge on any atom is -0.454 e. The van der Waals surface area contributed by atoms with Crippen LogP contribution in [-0.4, -0.2) is 29.5 Å². The highest BCUT2D eigenvalue weighted by molar-refractivity contribution is 6.40. The molecule has 0 fully saturated rings. The molecule has 0 saturated carbocycles.